The maximum absolute atomic E-state index is 13.3. The zero-order valence-corrected chi connectivity index (χ0v) is 12.0. The molecule has 20 heavy (non-hydrogen) atoms. The summed E-state index contributed by atoms with van der Waals surface area (Å²) in [7, 11) is 1.37. The summed E-state index contributed by atoms with van der Waals surface area (Å²) in [5, 5.41) is 0. The summed E-state index contributed by atoms with van der Waals surface area (Å²) in [6.45, 7) is 0. The third-order valence-corrected chi connectivity index (χ3v) is 3.39. The van der Waals surface area contributed by atoms with E-state index in [1.54, 1.807) is 0 Å². The maximum Gasteiger partial charge on any atom is 0.198 e. The Bertz CT molecular complexity index is 689. The Morgan fingerprint density at radius 1 is 1.20 bits per heavy atom. The zero-order chi connectivity index (χ0) is 14.9. The van der Waals surface area contributed by atoms with Crippen LogP contribution in [0.3, 0.4) is 0 Å². The number of halogens is 3. The van der Waals surface area contributed by atoms with E-state index in [2.05, 4.69) is 15.9 Å². The van der Waals surface area contributed by atoms with Gasteiger partial charge < -0.3 is 10.5 Å². The lowest BCUT2D eigenvalue weighted by Gasteiger charge is -2.10. The second-order valence-electron chi connectivity index (χ2n) is 4.03. The number of nitrogens with two attached hydrogens (primary N) is 1. The van der Waals surface area contributed by atoms with Crippen LogP contribution in [0.2, 0.25) is 0 Å². The normalized spacial score (nSPS) is 10.4. The van der Waals surface area contributed by atoms with Crippen LogP contribution in [0, 0.1) is 11.6 Å². The molecule has 2 aromatic carbocycles. The average molecular weight is 342 g/mol. The molecule has 0 amide bonds. The number of nitrogen functional groups attached to an aromatic ring is 1. The topological polar surface area (TPSA) is 52.3 Å². The van der Waals surface area contributed by atoms with Crippen molar-refractivity contribution in [3.05, 3.63) is 57.6 Å². The quantitative estimate of drug-likeness (QED) is 0.686. The predicted molar refractivity (Wildman–Crippen MR) is 74.9 cm³/mol. The first-order valence-corrected chi connectivity index (χ1v) is 6.36. The smallest absolute Gasteiger partial charge is 0.198 e. The molecule has 0 aliphatic rings. The van der Waals surface area contributed by atoms with E-state index in [4.69, 9.17) is 10.5 Å². The maximum atomic E-state index is 13.3. The second kappa shape index (κ2) is 5.58. The molecule has 2 N–H and O–H groups in total. The van der Waals surface area contributed by atoms with Crippen LogP contribution in [0.25, 0.3) is 0 Å². The van der Waals surface area contributed by atoms with Crippen molar-refractivity contribution >= 4 is 27.4 Å². The van der Waals surface area contributed by atoms with Gasteiger partial charge in [0.15, 0.2) is 5.78 Å². The molecule has 2 aromatic rings. The van der Waals surface area contributed by atoms with Gasteiger partial charge in [-0.25, -0.2) is 8.78 Å². The van der Waals surface area contributed by atoms with Crippen LogP contribution in [-0.2, 0) is 0 Å². The summed E-state index contributed by atoms with van der Waals surface area (Å²) in [5.41, 5.74) is 5.47. The number of methoxy groups -OCH3 is 1. The van der Waals surface area contributed by atoms with E-state index in [-0.39, 0.29) is 27.0 Å². The molecular formula is C14H10BrF2NO2. The van der Waals surface area contributed by atoms with Crippen LogP contribution in [0.4, 0.5) is 14.5 Å². The molecule has 2 rings (SSSR count). The molecule has 0 aliphatic carbocycles. The Labute approximate surface area is 122 Å². The number of anilines is 1. The van der Waals surface area contributed by atoms with E-state index >= 15 is 0 Å². The standard InChI is InChI=1S/C14H10BrF2NO2/c1-20-13-3-2-7(16)4-9(13)14(19)8-5-12(18)11(17)6-10(8)15/h2-6H,18H2,1H3. The number of carbonyl (C=O) groups excluding carboxylic acids is 1. The van der Waals surface area contributed by atoms with Crippen molar-refractivity contribution in [3.8, 4) is 5.75 Å². The Kier molecular flexibility index (Phi) is 4.04. The van der Waals surface area contributed by atoms with Gasteiger partial charge in [0.1, 0.15) is 17.4 Å². The van der Waals surface area contributed by atoms with Crippen molar-refractivity contribution in [3.63, 3.8) is 0 Å². The molecule has 3 nitrogen and oxygen atoms in total. The lowest BCUT2D eigenvalue weighted by atomic mass is 10.0. The molecule has 0 bridgehead atoms. The molecule has 0 radical (unpaired) electrons. The fourth-order valence-corrected chi connectivity index (χ4v) is 2.24. The SMILES string of the molecule is COc1ccc(F)cc1C(=O)c1cc(N)c(F)cc1Br. The van der Waals surface area contributed by atoms with Crippen molar-refractivity contribution < 1.29 is 18.3 Å². The largest absolute Gasteiger partial charge is 0.496 e. The molecule has 0 saturated heterocycles. The number of ketones is 1. The first-order valence-electron chi connectivity index (χ1n) is 5.56. The molecule has 104 valence electrons. The number of benzene rings is 2. The van der Waals surface area contributed by atoms with Crippen LogP contribution < -0.4 is 10.5 Å². The first-order chi connectivity index (χ1) is 9.43. The van der Waals surface area contributed by atoms with E-state index < -0.39 is 17.4 Å². The Hall–Kier alpha value is -1.95. The summed E-state index contributed by atoms with van der Waals surface area (Å²) in [6.07, 6.45) is 0. The van der Waals surface area contributed by atoms with E-state index in [1.165, 1.54) is 25.3 Å². The average Bonchev–Trinajstić information content (AvgIpc) is 2.42. The van der Waals surface area contributed by atoms with Crippen molar-refractivity contribution in [2.75, 3.05) is 12.8 Å². The highest BCUT2D eigenvalue weighted by atomic mass is 79.9. The second-order valence-corrected chi connectivity index (χ2v) is 4.88. The van der Waals surface area contributed by atoms with E-state index in [0.717, 1.165) is 12.1 Å². The highest BCUT2D eigenvalue weighted by Gasteiger charge is 2.19. The molecule has 0 unspecified atom stereocenters. The number of ether oxygens (including phenoxy) is 1. The summed E-state index contributed by atoms with van der Waals surface area (Å²) >= 11 is 3.09. The van der Waals surface area contributed by atoms with E-state index in [1.807, 2.05) is 0 Å². The van der Waals surface area contributed by atoms with Gasteiger partial charge in [0, 0.05) is 10.0 Å². The van der Waals surface area contributed by atoms with Gasteiger partial charge in [0.25, 0.3) is 0 Å². The zero-order valence-electron chi connectivity index (χ0n) is 10.4. The third-order valence-electron chi connectivity index (χ3n) is 2.74. The molecule has 0 atom stereocenters. The summed E-state index contributed by atoms with van der Waals surface area (Å²) in [5.74, 6) is -1.49. The van der Waals surface area contributed by atoms with Gasteiger partial charge in [0.2, 0.25) is 0 Å². The van der Waals surface area contributed by atoms with E-state index in [9.17, 15) is 13.6 Å². The number of hydrogen-bond donors (Lipinski definition) is 1. The minimum Gasteiger partial charge on any atom is -0.496 e. The van der Waals surface area contributed by atoms with Crippen molar-refractivity contribution in [2.24, 2.45) is 0 Å². The highest BCUT2D eigenvalue weighted by molar-refractivity contribution is 9.10. The van der Waals surface area contributed by atoms with Gasteiger partial charge in [-0.2, -0.15) is 0 Å². The van der Waals surface area contributed by atoms with Crippen molar-refractivity contribution in [1.82, 2.24) is 0 Å². The van der Waals surface area contributed by atoms with Crippen LogP contribution in [-0.4, -0.2) is 12.9 Å². The van der Waals surface area contributed by atoms with Gasteiger partial charge in [-0.3, -0.25) is 4.79 Å². The third kappa shape index (κ3) is 2.65. The van der Waals surface area contributed by atoms with Gasteiger partial charge in [0.05, 0.1) is 18.4 Å². The monoisotopic (exact) mass is 341 g/mol. The molecule has 6 heteroatoms. The molecule has 0 fully saturated rings. The predicted octanol–water partition coefficient (Wildman–Crippen LogP) is 3.55. The Balaban J connectivity index is 2.57. The van der Waals surface area contributed by atoms with Crippen molar-refractivity contribution in [2.45, 2.75) is 0 Å². The van der Waals surface area contributed by atoms with Crippen LogP contribution in [0.15, 0.2) is 34.8 Å². The fourth-order valence-electron chi connectivity index (χ4n) is 1.74. The molecule has 0 saturated carbocycles. The first kappa shape index (κ1) is 14.5. The van der Waals surface area contributed by atoms with Crippen LogP contribution >= 0.6 is 15.9 Å². The van der Waals surface area contributed by atoms with Crippen LogP contribution in [0.1, 0.15) is 15.9 Å². The van der Waals surface area contributed by atoms with Gasteiger partial charge in [-0.05, 0) is 46.3 Å². The molecule has 0 aliphatic heterocycles. The van der Waals surface area contributed by atoms with Gasteiger partial charge in [-0.15, -0.1) is 0 Å². The number of rotatable bonds is 3. The Morgan fingerprint density at radius 2 is 1.90 bits per heavy atom. The van der Waals surface area contributed by atoms with Gasteiger partial charge in [-0.1, -0.05) is 0 Å². The number of carbonyl (C=O) groups is 1. The lowest BCUT2D eigenvalue weighted by molar-refractivity contribution is 0.103. The molecule has 0 heterocycles. The van der Waals surface area contributed by atoms with Crippen LogP contribution in [0.5, 0.6) is 5.75 Å². The molecular weight excluding hydrogens is 332 g/mol. The summed E-state index contributed by atoms with van der Waals surface area (Å²) in [4.78, 5) is 12.4. The lowest BCUT2D eigenvalue weighted by Crippen LogP contribution is -2.07. The molecule has 0 aromatic heterocycles. The van der Waals surface area contributed by atoms with Crippen molar-refractivity contribution in [1.29, 1.82) is 0 Å². The highest BCUT2D eigenvalue weighted by Crippen LogP contribution is 2.28. The minimum absolute atomic E-state index is 0.0409. The van der Waals surface area contributed by atoms with Gasteiger partial charge >= 0.3 is 0 Å². The molecule has 0 spiro atoms. The minimum atomic E-state index is -0.639. The van der Waals surface area contributed by atoms with E-state index in [0.29, 0.717) is 0 Å². The summed E-state index contributed by atoms with van der Waals surface area (Å²) < 4.78 is 31.8. The number of hydrogen-bond acceptors (Lipinski definition) is 3. The Morgan fingerprint density at radius 3 is 2.55 bits per heavy atom. The fraction of sp³-hybridized carbons (Fsp3) is 0.0714. The summed E-state index contributed by atoms with van der Waals surface area (Å²) in [6, 6.07) is 5.89.